The number of carbonyl (C=O) groups is 1. The number of likely N-dealkylation sites (tertiary alicyclic amines) is 1. The highest BCUT2D eigenvalue weighted by Crippen LogP contribution is 2.25. The largest absolute Gasteiger partial charge is 0.399 e. The fourth-order valence-corrected chi connectivity index (χ4v) is 4.57. The summed E-state index contributed by atoms with van der Waals surface area (Å²) in [7, 11) is 1.57. The molecular weight excluding hydrogens is 426 g/mol. The molecule has 1 aromatic heterocycles. The summed E-state index contributed by atoms with van der Waals surface area (Å²) in [5, 5.41) is 5.00. The fraction of sp³-hybridized carbons (Fsp3) is 0.458. The first-order valence-corrected chi connectivity index (χ1v) is 11.5. The SMILES string of the molecule is CO/N=C(/c1ccc(Cl)cc1)C1CCN(C(=O)N2CCN(Cc3ccccn3)CC2)CC1. The number of rotatable bonds is 5. The van der Waals surface area contributed by atoms with E-state index in [9.17, 15) is 4.79 Å². The minimum atomic E-state index is 0.151. The van der Waals surface area contributed by atoms with Gasteiger partial charge in [0.25, 0.3) is 0 Å². The van der Waals surface area contributed by atoms with Crippen LogP contribution < -0.4 is 0 Å². The Bertz CT molecular complexity index is 906. The fourth-order valence-electron chi connectivity index (χ4n) is 4.44. The van der Waals surface area contributed by atoms with E-state index in [0.717, 1.165) is 75.6 Å². The number of halogens is 1. The first-order valence-electron chi connectivity index (χ1n) is 11.2. The summed E-state index contributed by atoms with van der Waals surface area (Å²) in [4.78, 5) is 28.9. The smallest absolute Gasteiger partial charge is 0.320 e. The molecular formula is C24H30ClN5O2. The molecule has 2 aliphatic heterocycles. The van der Waals surface area contributed by atoms with Crippen LogP contribution >= 0.6 is 11.6 Å². The van der Waals surface area contributed by atoms with E-state index in [1.54, 1.807) is 7.11 Å². The number of urea groups is 1. The Balaban J connectivity index is 1.28. The third-order valence-corrected chi connectivity index (χ3v) is 6.49. The van der Waals surface area contributed by atoms with Gasteiger partial charge >= 0.3 is 6.03 Å². The first kappa shape index (κ1) is 22.6. The van der Waals surface area contributed by atoms with Crippen LogP contribution in [0.3, 0.4) is 0 Å². The molecule has 2 aromatic rings. The minimum absolute atomic E-state index is 0.151. The molecule has 0 atom stereocenters. The van der Waals surface area contributed by atoms with Gasteiger partial charge in [0.15, 0.2) is 0 Å². The Kier molecular flexibility index (Phi) is 7.60. The van der Waals surface area contributed by atoms with Crippen LogP contribution in [0.15, 0.2) is 53.8 Å². The highest BCUT2D eigenvalue weighted by molar-refractivity contribution is 6.30. The van der Waals surface area contributed by atoms with E-state index >= 15 is 0 Å². The van der Waals surface area contributed by atoms with Gasteiger partial charge in [0, 0.05) is 63.0 Å². The summed E-state index contributed by atoms with van der Waals surface area (Å²) in [6.45, 7) is 5.56. The second-order valence-corrected chi connectivity index (χ2v) is 8.73. The highest BCUT2D eigenvalue weighted by Gasteiger charge is 2.31. The number of nitrogens with zero attached hydrogens (tertiary/aromatic N) is 5. The zero-order valence-electron chi connectivity index (χ0n) is 18.5. The van der Waals surface area contributed by atoms with E-state index in [2.05, 4.69) is 15.0 Å². The van der Waals surface area contributed by atoms with Crippen molar-refractivity contribution in [1.29, 1.82) is 0 Å². The van der Waals surface area contributed by atoms with Crippen LogP contribution in [0.1, 0.15) is 24.1 Å². The van der Waals surface area contributed by atoms with E-state index in [1.165, 1.54) is 0 Å². The van der Waals surface area contributed by atoms with Crippen molar-refractivity contribution in [2.75, 3.05) is 46.4 Å². The van der Waals surface area contributed by atoms with Gasteiger partial charge in [0.2, 0.25) is 0 Å². The molecule has 2 amide bonds. The van der Waals surface area contributed by atoms with Crippen molar-refractivity contribution in [3.63, 3.8) is 0 Å². The maximum Gasteiger partial charge on any atom is 0.320 e. The van der Waals surface area contributed by atoms with Crippen LogP contribution in [-0.2, 0) is 11.4 Å². The van der Waals surface area contributed by atoms with E-state index in [-0.39, 0.29) is 11.9 Å². The van der Waals surface area contributed by atoms with E-state index in [0.29, 0.717) is 5.02 Å². The zero-order chi connectivity index (χ0) is 22.3. The highest BCUT2D eigenvalue weighted by atomic mass is 35.5. The van der Waals surface area contributed by atoms with Crippen molar-refractivity contribution >= 4 is 23.3 Å². The van der Waals surface area contributed by atoms with Crippen LogP contribution in [0.5, 0.6) is 0 Å². The maximum atomic E-state index is 13.1. The Morgan fingerprint density at radius 1 is 1.03 bits per heavy atom. The number of pyridine rings is 1. The zero-order valence-corrected chi connectivity index (χ0v) is 19.2. The van der Waals surface area contributed by atoms with Crippen LogP contribution in [-0.4, -0.2) is 77.8 Å². The van der Waals surface area contributed by atoms with Crippen LogP contribution in [0.2, 0.25) is 5.02 Å². The molecule has 0 radical (unpaired) electrons. The van der Waals surface area contributed by atoms with E-state index < -0.39 is 0 Å². The second-order valence-electron chi connectivity index (χ2n) is 8.29. The molecule has 0 saturated carbocycles. The molecule has 2 saturated heterocycles. The number of hydrogen-bond acceptors (Lipinski definition) is 5. The first-order chi connectivity index (χ1) is 15.6. The predicted molar refractivity (Wildman–Crippen MR) is 126 cm³/mol. The molecule has 0 N–H and O–H groups in total. The number of piperidine rings is 1. The third kappa shape index (κ3) is 5.58. The molecule has 3 heterocycles. The van der Waals surface area contributed by atoms with Gasteiger partial charge in [-0.3, -0.25) is 9.88 Å². The maximum absolute atomic E-state index is 13.1. The summed E-state index contributed by atoms with van der Waals surface area (Å²) in [5.41, 5.74) is 3.02. The van der Waals surface area contributed by atoms with Gasteiger partial charge in [0.1, 0.15) is 7.11 Å². The summed E-state index contributed by atoms with van der Waals surface area (Å²) < 4.78 is 0. The summed E-state index contributed by atoms with van der Waals surface area (Å²) >= 11 is 6.03. The van der Waals surface area contributed by atoms with Crippen molar-refractivity contribution in [3.05, 3.63) is 64.9 Å². The van der Waals surface area contributed by atoms with Gasteiger partial charge in [-0.05, 0) is 42.7 Å². The van der Waals surface area contributed by atoms with E-state index in [4.69, 9.17) is 16.4 Å². The number of aromatic nitrogens is 1. The molecule has 7 nitrogen and oxygen atoms in total. The number of hydrogen-bond donors (Lipinski definition) is 0. The summed E-state index contributed by atoms with van der Waals surface area (Å²) in [5.74, 6) is 0.260. The second kappa shape index (κ2) is 10.8. The van der Waals surface area contributed by atoms with Crippen molar-refractivity contribution in [2.45, 2.75) is 19.4 Å². The number of oxime groups is 1. The number of benzene rings is 1. The average molecular weight is 456 g/mol. The topological polar surface area (TPSA) is 61.3 Å². The summed E-state index contributed by atoms with van der Waals surface area (Å²) in [6, 6.07) is 13.8. The lowest BCUT2D eigenvalue weighted by molar-refractivity contribution is 0.101. The molecule has 8 heteroatoms. The van der Waals surface area contributed by atoms with Crippen LogP contribution in [0.4, 0.5) is 4.79 Å². The summed E-state index contributed by atoms with van der Waals surface area (Å²) in [6.07, 6.45) is 3.57. The minimum Gasteiger partial charge on any atom is -0.399 e. The molecule has 2 fully saturated rings. The molecule has 0 aliphatic carbocycles. The molecule has 0 bridgehead atoms. The van der Waals surface area contributed by atoms with Gasteiger partial charge in [-0.2, -0.15) is 0 Å². The van der Waals surface area contributed by atoms with Gasteiger partial charge in [0.05, 0.1) is 11.4 Å². The molecule has 2 aliphatic rings. The van der Waals surface area contributed by atoms with Gasteiger partial charge in [-0.25, -0.2) is 4.79 Å². The lowest BCUT2D eigenvalue weighted by atomic mass is 9.88. The molecule has 32 heavy (non-hydrogen) atoms. The lowest BCUT2D eigenvalue weighted by Gasteiger charge is -2.39. The van der Waals surface area contributed by atoms with Gasteiger partial charge in [-0.15, -0.1) is 0 Å². The third-order valence-electron chi connectivity index (χ3n) is 6.24. The van der Waals surface area contributed by atoms with Crippen LogP contribution in [0.25, 0.3) is 0 Å². The standard InChI is InChI=1S/C24H30ClN5O2/c1-32-27-23(19-5-7-21(25)8-6-19)20-9-12-29(13-10-20)24(31)30-16-14-28(15-17-30)18-22-4-2-3-11-26-22/h2-8,11,20H,9-10,12-18H2,1H3/b27-23-. The quantitative estimate of drug-likeness (QED) is 0.509. The molecule has 170 valence electrons. The van der Waals surface area contributed by atoms with Crippen molar-refractivity contribution in [1.82, 2.24) is 19.7 Å². The van der Waals surface area contributed by atoms with Crippen molar-refractivity contribution < 1.29 is 9.63 Å². The normalized spacial score (nSPS) is 18.6. The predicted octanol–water partition coefficient (Wildman–Crippen LogP) is 3.74. The lowest BCUT2D eigenvalue weighted by Crippen LogP contribution is -2.54. The molecule has 1 aromatic carbocycles. The Morgan fingerprint density at radius 2 is 1.72 bits per heavy atom. The Labute approximate surface area is 194 Å². The van der Waals surface area contributed by atoms with Crippen molar-refractivity contribution in [3.8, 4) is 0 Å². The number of piperazine rings is 1. The van der Waals surface area contributed by atoms with Crippen LogP contribution in [0, 0.1) is 5.92 Å². The number of amides is 2. The van der Waals surface area contributed by atoms with E-state index in [1.807, 2.05) is 58.5 Å². The molecule has 0 unspecified atom stereocenters. The monoisotopic (exact) mass is 455 g/mol. The number of carbonyl (C=O) groups excluding carboxylic acids is 1. The van der Waals surface area contributed by atoms with Crippen molar-refractivity contribution in [2.24, 2.45) is 11.1 Å². The van der Waals surface area contributed by atoms with Gasteiger partial charge < -0.3 is 14.6 Å². The Morgan fingerprint density at radius 3 is 2.34 bits per heavy atom. The molecule has 0 spiro atoms. The average Bonchev–Trinajstić information content (AvgIpc) is 2.84. The Hall–Kier alpha value is -2.64. The van der Waals surface area contributed by atoms with Gasteiger partial charge in [-0.1, -0.05) is 35.0 Å². The molecule has 4 rings (SSSR count).